The molecular weight excluding hydrogens is 404 g/mol. The molecule has 2 nitrogen and oxygen atoms in total. The smallest absolute Gasteiger partial charge is 0.321 e. The summed E-state index contributed by atoms with van der Waals surface area (Å²) in [5.41, 5.74) is 1.03. The first kappa shape index (κ1) is 14.2. The predicted molar refractivity (Wildman–Crippen MR) is 75.2 cm³/mol. The topological polar surface area (TPSA) is 26.3 Å². The first-order valence-electron chi connectivity index (χ1n) is 4.76. The second kappa shape index (κ2) is 6.77. The van der Waals surface area contributed by atoms with Crippen LogP contribution in [0.2, 0.25) is 0 Å². The van der Waals surface area contributed by atoms with Gasteiger partial charge in [0, 0.05) is 4.47 Å². The van der Waals surface area contributed by atoms with Crippen molar-refractivity contribution < 1.29 is 9.53 Å². The molecule has 88 valence electrons. The molecule has 1 rings (SSSR count). The van der Waals surface area contributed by atoms with E-state index >= 15 is 0 Å². The maximum Gasteiger partial charge on any atom is 0.321 e. The second-order valence-electron chi connectivity index (χ2n) is 3.11. The molecule has 0 radical (unpaired) electrons. The molecule has 0 N–H and O–H groups in total. The summed E-state index contributed by atoms with van der Waals surface area (Å²) in [4.78, 5) is 11.0. The summed E-state index contributed by atoms with van der Waals surface area (Å²) in [6.07, 6.45) is 0. The molecule has 0 saturated heterocycles. The zero-order chi connectivity index (χ0) is 12.1. The van der Waals surface area contributed by atoms with Crippen LogP contribution in [0, 0.1) is 0 Å². The van der Waals surface area contributed by atoms with Gasteiger partial charge in [0.2, 0.25) is 0 Å². The van der Waals surface area contributed by atoms with E-state index < -0.39 is 0 Å². The third kappa shape index (κ3) is 3.86. The minimum absolute atomic E-state index is 0.0975. The number of esters is 1. The Morgan fingerprint density at radius 2 is 1.88 bits per heavy atom. The molecule has 2 unspecified atom stereocenters. The third-order valence-electron chi connectivity index (χ3n) is 1.96. The quantitative estimate of drug-likeness (QED) is 0.545. The van der Waals surface area contributed by atoms with Crippen molar-refractivity contribution in [2.45, 2.75) is 16.6 Å². The van der Waals surface area contributed by atoms with Gasteiger partial charge >= 0.3 is 5.97 Å². The highest BCUT2D eigenvalue weighted by atomic mass is 79.9. The molecule has 0 aliphatic heterocycles. The summed E-state index contributed by atoms with van der Waals surface area (Å²) >= 11 is 10.2. The van der Waals surface area contributed by atoms with E-state index in [0.29, 0.717) is 6.61 Å². The maximum absolute atomic E-state index is 11.5. The molecule has 2 atom stereocenters. The van der Waals surface area contributed by atoms with Crippen LogP contribution in [0.25, 0.3) is 0 Å². The summed E-state index contributed by atoms with van der Waals surface area (Å²) in [6.45, 7) is 2.18. The number of carbonyl (C=O) groups is 1. The molecule has 16 heavy (non-hydrogen) atoms. The van der Waals surface area contributed by atoms with Crippen LogP contribution < -0.4 is 0 Å². The van der Waals surface area contributed by atoms with Crippen molar-refractivity contribution in [3.63, 3.8) is 0 Å². The molecule has 5 heteroatoms. The summed E-state index contributed by atoms with van der Waals surface area (Å²) in [5, 5.41) is 0. The SMILES string of the molecule is CCOC(=O)C(Br)C(Br)c1ccc(Br)cc1. The molecule has 0 aromatic heterocycles. The Kier molecular flexibility index (Phi) is 6.00. The fraction of sp³-hybridized carbons (Fsp3) is 0.364. The Bertz CT molecular complexity index is 351. The van der Waals surface area contributed by atoms with Crippen LogP contribution in [-0.4, -0.2) is 17.4 Å². The van der Waals surface area contributed by atoms with E-state index in [9.17, 15) is 4.79 Å². The number of rotatable bonds is 4. The van der Waals surface area contributed by atoms with Gasteiger partial charge in [-0.25, -0.2) is 0 Å². The number of ether oxygens (including phenoxy) is 1. The molecular formula is C11H11Br3O2. The number of alkyl halides is 2. The lowest BCUT2D eigenvalue weighted by Crippen LogP contribution is -2.21. The first-order valence-corrected chi connectivity index (χ1v) is 7.39. The molecule has 0 amide bonds. The predicted octanol–water partition coefficient (Wildman–Crippen LogP) is 4.21. The van der Waals surface area contributed by atoms with Gasteiger partial charge in [-0.05, 0) is 24.6 Å². The maximum atomic E-state index is 11.5. The van der Waals surface area contributed by atoms with Crippen LogP contribution in [0.5, 0.6) is 0 Å². The van der Waals surface area contributed by atoms with Gasteiger partial charge in [-0.3, -0.25) is 4.79 Å². The fourth-order valence-corrected chi connectivity index (χ4v) is 2.38. The van der Waals surface area contributed by atoms with Gasteiger partial charge in [0.25, 0.3) is 0 Å². The Balaban J connectivity index is 2.73. The van der Waals surface area contributed by atoms with Crippen molar-refractivity contribution in [1.82, 2.24) is 0 Å². The largest absolute Gasteiger partial charge is 0.465 e. The molecule has 0 aliphatic carbocycles. The van der Waals surface area contributed by atoms with E-state index in [-0.39, 0.29) is 15.6 Å². The van der Waals surface area contributed by atoms with Crippen molar-refractivity contribution in [2.75, 3.05) is 6.61 Å². The Morgan fingerprint density at radius 1 is 1.31 bits per heavy atom. The van der Waals surface area contributed by atoms with Crippen molar-refractivity contribution in [1.29, 1.82) is 0 Å². The van der Waals surface area contributed by atoms with Gasteiger partial charge < -0.3 is 4.74 Å². The van der Waals surface area contributed by atoms with Crippen molar-refractivity contribution >= 4 is 53.8 Å². The van der Waals surface area contributed by atoms with E-state index in [1.165, 1.54) is 0 Å². The van der Waals surface area contributed by atoms with E-state index in [4.69, 9.17) is 4.74 Å². The number of carbonyl (C=O) groups excluding carboxylic acids is 1. The minimum Gasteiger partial charge on any atom is -0.465 e. The molecule has 0 bridgehead atoms. The molecule has 1 aromatic carbocycles. The number of halogens is 3. The Morgan fingerprint density at radius 3 is 2.38 bits per heavy atom. The van der Waals surface area contributed by atoms with Gasteiger partial charge in [0.05, 0.1) is 11.4 Å². The molecule has 0 heterocycles. The van der Waals surface area contributed by atoms with E-state index in [2.05, 4.69) is 47.8 Å². The van der Waals surface area contributed by atoms with Gasteiger partial charge in [-0.2, -0.15) is 0 Å². The highest BCUT2D eigenvalue weighted by molar-refractivity contribution is 9.12. The van der Waals surface area contributed by atoms with Gasteiger partial charge in [0.1, 0.15) is 4.83 Å². The summed E-state index contributed by atoms with van der Waals surface area (Å²) in [6, 6.07) is 7.79. The average Bonchev–Trinajstić information content (AvgIpc) is 2.28. The first-order chi connectivity index (χ1) is 7.56. The highest BCUT2D eigenvalue weighted by Gasteiger charge is 2.25. The van der Waals surface area contributed by atoms with Gasteiger partial charge in [-0.1, -0.05) is 59.9 Å². The Labute approximate surface area is 120 Å². The molecule has 0 aliphatic rings. The fourth-order valence-electron chi connectivity index (χ4n) is 1.16. The lowest BCUT2D eigenvalue weighted by atomic mass is 10.1. The van der Waals surface area contributed by atoms with Gasteiger partial charge in [0.15, 0.2) is 0 Å². The van der Waals surface area contributed by atoms with Crippen molar-refractivity contribution in [2.24, 2.45) is 0 Å². The summed E-state index contributed by atoms with van der Waals surface area (Å²) in [5.74, 6) is -0.257. The molecule has 0 saturated carbocycles. The van der Waals surface area contributed by atoms with E-state index in [1.54, 1.807) is 6.92 Å². The zero-order valence-electron chi connectivity index (χ0n) is 8.62. The highest BCUT2D eigenvalue weighted by Crippen LogP contribution is 2.32. The number of hydrogen-bond acceptors (Lipinski definition) is 2. The summed E-state index contributed by atoms with van der Waals surface area (Å²) in [7, 11) is 0. The average molecular weight is 415 g/mol. The standard InChI is InChI=1S/C11H11Br3O2/c1-2-16-11(15)10(14)9(13)7-3-5-8(12)6-4-7/h3-6,9-10H,2H2,1H3. The minimum atomic E-state index is -0.381. The summed E-state index contributed by atoms with van der Waals surface area (Å²) < 4.78 is 5.96. The van der Waals surface area contributed by atoms with Crippen LogP contribution in [0.15, 0.2) is 28.7 Å². The lowest BCUT2D eigenvalue weighted by molar-refractivity contribution is -0.142. The second-order valence-corrected chi connectivity index (χ2v) is 6.00. The van der Waals surface area contributed by atoms with Crippen LogP contribution in [-0.2, 0) is 9.53 Å². The molecule has 0 spiro atoms. The van der Waals surface area contributed by atoms with E-state index in [0.717, 1.165) is 10.0 Å². The lowest BCUT2D eigenvalue weighted by Gasteiger charge is -2.15. The Hall–Kier alpha value is 0.130. The van der Waals surface area contributed by atoms with Crippen LogP contribution in [0.1, 0.15) is 17.3 Å². The monoisotopic (exact) mass is 412 g/mol. The third-order valence-corrected chi connectivity index (χ3v) is 5.16. The van der Waals surface area contributed by atoms with Crippen LogP contribution >= 0.6 is 47.8 Å². The van der Waals surface area contributed by atoms with Crippen molar-refractivity contribution in [3.05, 3.63) is 34.3 Å². The molecule has 0 fully saturated rings. The zero-order valence-corrected chi connectivity index (χ0v) is 13.4. The van der Waals surface area contributed by atoms with Crippen LogP contribution in [0.4, 0.5) is 0 Å². The van der Waals surface area contributed by atoms with Gasteiger partial charge in [-0.15, -0.1) is 0 Å². The molecule has 1 aromatic rings. The number of hydrogen-bond donors (Lipinski definition) is 0. The van der Waals surface area contributed by atoms with E-state index in [1.807, 2.05) is 24.3 Å². The van der Waals surface area contributed by atoms with Crippen molar-refractivity contribution in [3.8, 4) is 0 Å². The number of benzene rings is 1. The van der Waals surface area contributed by atoms with Crippen LogP contribution in [0.3, 0.4) is 0 Å². The normalized spacial score (nSPS) is 14.2.